The van der Waals surface area contributed by atoms with Gasteiger partial charge in [0.25, 0.3) is 5.91 Å². The number of aromatic nitrogens is 1. The molecule has 0 aliphatic heterocycles. The Morgan fingerprint density at radius 2 is 2.15 bits per heavy atom. The van der Waals surface area contributed by atoms with Crippen LogP contribution >= 0.6 is 0 Å². The number of pyridine rings is 1. The number of nitrogens with zero attached hydrogens (tertiary/aromatic N) is 1. The molecule has 104 valence electrons. The van der Waals surface area contributed by atoms with Crippen LogP contribution in [0, 0.1) is 5.82 Å². The Kier molecular flexibility index (Phi) is 4.42. The summed E-state index contributed by atoms with van der Waals surface area (Å²) in [4.78, 5) is 16.1. The van der Waals surface area contributed by atoms with E-state index in [1.54, 1.807) is 37.3 Å². The molecule has 0 radical (unpaired) electrons. The van der Waals surface area contributed by atoms with Crippen LogP contribution in [0.3, 0.4) is 0 Å². The van der Waals surface area contributed by atoms with Crippen molar-refractivity contribution in [3.8, 4) is 0 Å². The van der Waals surface area contributed by atoms with Crippen LogP contribution < -0.4 is 11.1 Å². The van der Waals surface area contributed by atoms with E-state index in [-0.39, 0.29) is 18.3 Å². The van der Waals surface area contributed by atoms with Crippen molar-refractivity contribution in [2.45, 2.75) is 19.5 Å². The molecule has 0 aliphatic rings. The van der Waals surface area contributed by atoms with E-state index in [4.69, 9.17) is 5.73 Å². The lowest BCUT2D eigenvalue weighted by Gasteiger charge is -2.15. The van der Waals surface area contributed by atoms with Crippen LogP contribution in [-0.4, -0.2) is 10.9 Å². The molecule has 1 amide bonds. The number of amides is 1. The molecule has 5 heteroatoms. The van der Waals surface area contributed by atoms with E-state index in [1.807, 2.05) is 0 Å². The first kappa shape index (κ1) is 14.1. The fourth-order valence-electron chi connectivity index (χ4n) is 1.92. The minimum Gasteiger partial charge on any atom is -0.345 e. The lowest BCUT2D eigenvalue weighted by Crippen LogP contribution is -2.27. The molecule has 1 atom stereocenters. The van der Waals surface area contributed by atoms with Crippen molar-refractivity contribution in [1.29, 1.82) is 0 Å². The number of carbonyl (C=O) groups excluding carboxylic acids is 1. The Balaban J connectivity index is 2.13. The molecule has 1 aromatic heterocycles. The fraction of sp³-hybridized carbons (Fsp3) is 0.200. The van der Waals surface area contributed by atoms with E-state index >= 15 is 0 Å². The predicted octanol–water partition coefficient (Wildman–Crippen LogP) is 2.17. The number of halogens is 1. The van der Waals surface area contributed by atoms with Gasteiger partial charge in [-0.15, -0.1) is 0 Å². The van der Waals surface area contributed by atoms with Crippen molar-refractivity contribution < 1.29 is 9.18 Å². The van der Waals surface area contributed by atoms with Crippen molar-refractivity contribution >= 4 is 5.91 Å². The highest BCUT2D eigenvalue weighted by molar-refractivity contribution is 5.94. The van der Waals surface area contributed by atoms with Gasteiger partial charge in [-0.3, -0.25) is 9.78 Å². The van der Waals surface area contributed by atoms with Gasteiger partial charge in [0.2, 0.25) is 0 Å². The fourth-order valence-corrected chi connectivity index (χ4v) is 1.92. The van der Waals surface area contributed by atoms with Gasteiger partial charge in [-0.05, 0) is 25.1 Å². The van der Waals surface area contributed by atoms with Gasteiger partial charge in [0.05, 0.1) is 11.7 Å². The van der Waals surface area contributed by atoms with Crippen molar-refractivity contribution in [2.24, 2.45) is 5.73 Å². The molecule has 0 spiro atoms. The second-order valence-corrected chi connectivity index (χ2v) is 4.46. The third-order valence-corrected chi connectivity index (χ3v) is 3.01. The Hall–Kier alpha value is -2.27. The van der Waals surface area contributed by atoms with Crippen molar-refractivity contribution in [3.05, 3.63) is 65.2 Å². The van der Waals surface area contributed by atoms with E-state index in [0.717, 1.165) is 0 Å². The van der Waals surface area contributed by atoms with Gasteiger partial charge in [-0.25, -0.2) is 4.39 Å². The van der Waals surface area contributed by atoms with E-state index in [2.05, 4.69) is 10.3 Å². The summed E-state index contributed by atoms with van der Waals surface area (Å²) in [5, 5.41) is 2.76. The maximum absolute atomic E-state index is 13.6. The Morgan fingerprint density at radius 1 is 1.40 bits per heavy atom. The first-order chi connectivity index (χ1) is 9.61. The number of hydrogen-bond donors (Lipinski definition) is 2. The first-order valence-electron chi connectivity index (χ1n) is 6.32. The summed E-state index contributed by atoms with van der Waals surface area (Å²) in [6, 6.07) is 9.18. The third kappa shape index (κ3) is 3.19. The lowest BCUT2D eigenvalue weighted by molar-refractivity contribution is 0.0939. The van der Waals surface area contributed by atoms with Gasteiger partial charge in [-0.1, -0.05) is 18.2 Å². The summed E-state index contributed by atoms with van der Waals surface area (Å²) in [6.45, 7) is 2.01. The van der Waals surface area contributed by atoms with E-state index in [0.29, 0.717) is 16.8 Å². The van der Waals surface area contributed by atoms with Gasteiger partial charge in [0.15, 0.2) is 0 Å². The summed E-state index contributed by atoms with van der Waals surface area (Å²) in [7, 11) is 0. The number of benzene rings is 1. The zero-order valence-electron chi connectivity index (χ0n) is 11.1. The van der Waals surface area contributed by atoms with Crippen LogP contribution in [0.4, 0.5) is 4.39 Å². The predicted molar refractivity (Wildman–Crippen MR) is 74.4 cm³/mol. The molecule has 2 aromatic rings. The molecular weight excluding hydrogens is 257 g/mol. The second-order valence-electron chi connectivity index (χ2n) is 4.46. The SMILES string of the molecule is CC(NC(=O)c1ccnc(CN)c1)c1ccccc1F. The molecule has 4 nitrogen and oxygen atoms in total. The van der Waals surface area contributed by atoms with Gasteiger partial charge in [0.1, 0.15) is 5.82 Å². The summed E-state index contributed by atoms with van der Waals surface area (Å²) in [5.74, 6) is -0.615. The highest BCUT2D eigenvalue weighted by Crippen LogP contribution is 2.16. The minimum atomic E-state index is -0.418. The van der Waals surface area contributed by atoms with Crippen molar-refractivity contribution in [1.82, 2.24) is 10.3 Å². The molecule has 0 fully saturated rings. The van der Waals surface area contributed by atoms with Crippen LogP contribution in [0.5, 0.6) is 0 Å². The van der Waals surface area contributed by atoms with Gasteiger partial charge >= 0.3 is 0 Å². The molecule has 0 saturated carbocycles. The third-order valence-electron chi connectivity index (χ3n) is 3.01. The molecule has 0 saturated heterocycles. The van der Waals surface area contributed by atoms with Gasteiger partial charge in [-0.2, -0.15) is 0 Å². The van der Waals surface area contributed by atoms with Crippen LogP contribution in [-0.2, 0) is 6.54 Å². The van der Waals surface area contributed by atoms with Crippen LogP contribution in [0.2, 0.25) is 0 Å². The average Bonchev–Trinajstić information content (AvgIpc) is 2.47. The van der Waals surface area contributed by atoms with Crippen molar-refractivity contribution in [3.63, 3.8) is 0 Å². The normalized spacial score (nSPS) is 11.9. The molecular formula is C15H16FN3O. The smallest absolute Gasteiger partial charge is 0.251 e. The summed E-state index contributed by atoms with van der Waals surface area (Å²) >= 11 is 0. The number of rotatable bonds is 4. The quantitative estimate of drug-likeness (QED) is 0.897. The number of nitrogens with two attached hydrogens (primary N) is 1. The molecule has 1 unspecified atom stereocenters. The Labute approximate surface area is 116 Å². The average molecular weight is 273 g/mol. The molecule has 1 heterocycles. The zero-order chi connectivity index (χ0) is 14.5. The van der Waals surface area contributed by atoms with E-state index < -0.39 is 6.04 Å². The number of nitrogens with one attached hydrogen (secondary N) is 1. The topological polar surface area (TPSA) is 68.0 Å². The summed E-state index contributed by atoms with van der Waals surface area (Å²) in [6.07, 6.45) is 1.53. The highest BCUT2D eigenvalue weighted by atomic mass is 19.1. The monoisotopic (exact) mass is 273 g/mol. The summed E-state index contributed by atoms with van der Waals surface area (Å²) in [5.41, 5.74) is 7.04. The standard InChI is InChI=1S/C15H16FN3O/c1-10(13-4-2-3-5-14(13)16)19-15(20)11-6-7-18-12(8-11)9-17/h2-8,10H,9,17H2,1H3,(H,19,20). The Bertz CT molecular complexity index is 616. The van der Waals surface area contributed by atoms with E-state index in [1.165, 1.54) is 12.3 Å². The van der Waals surface area contributed by atoms with Crippen molar-refractivity contribution in [2.75, 3.05) is 0 Å². The number of hydrogen-bond acceptors (Lipinski definition) is 3. The first-order valence-corrected chi connectivity index (χ1v) is 6.32. The minimum absolute atomic E-state index is 0.268. The maximum atomic E-state index is 13.6. The highest BCUT2D eigenvalue weighted by Gasteiger charge is 2.14. The summed E-state index contributed by atoms with van der Waals surface area (Å²) < 4.78 is 13.6. The molecule has 0 bridgehead atoms. The van der Waals surface area contributed by atoms with Gasteiger partial charge in [0, 0.05) is 23.9 Å². The van der Waals surface area contributed by atoms with Crippen LogP contribution in [0.15, 0.2) is 42.6 Å². The molecule has 2 rings (SSSR count). The van der Waals surface area contributed by atoms with Gasteiger partial charge < -0.3 is 11.1 Å². The Morgan fingerprint density at radius 3 is 2.85 bits per heavy atom. The largest absolute Gasteiger partial charge is 0.345 e. The van der Waals surface area contributed by atoms with Crippen LogP contribution in [0.1, 0.15) is 34.6 Å². The molecule has 20 heavy (non-hydrogen) atoms. The maximum Gasteiger partial charge on any atom is 0.251 e. The number of carbonyl (C=O) groups is 1. The van der Waals surface area contributed by atoms with E-state index in [9.17, 15) is 9.18 Å². The second kappa shape index (κ2) is 6.25. The zero-order valence-corrected chi connectivity index (χ0v) is 11.1. The lowest BCUT2D eigenvalue weighted by atomic mass is 10.1. The van der Waals surface area contributed by atoms with Crippen LogP contribution in [0.25, 0.3) is 0 Å². The molecule has 3 N–H and O–H groups in total. The molecule has 1 aromatic carbocycles. The molecule has 0 aliphatic carbocycles.